The number of methoxy groups -OCH3 is 1. The van der Waals surface area contributed by atoms with Crippen LogP contribution in [0.4, 0.5) is 5.69 Å². The number of nitrogens with zero attached hydrogens (tertiary/aromatic N) is 2. The molecule has 8 heteroatoms. The van der Waals surface area contributed by atoms with Gasteiger partial charge in [0, 0.05) is 30.3 Å². The van der Waals surface area contributed by atoms with Gasteiger partial charge in [-0.25, -0.2) is 0 Å². The number of nitro benzene ring substituents is 1. The van der Waals surface area contributed by atoms with Crippen LogP contribution in [0.1, 0.15) is 24.1 Å². The largest absolute Gasteiger partial charge is 0.505 e. The predicted octanol–water partition coefficient (Wildman–Crippen LogP) is 3.08. The Balaban J connectivity index is 2.32. The Kier molecular flexibility index (Phi) is 4.89. The van der Waals surface area contributed by atoms with Crippen molar-refractivity contribution in [2.24, 2.45) is 0 Å². The number of carbonyl (C=O) groups excluding carboxylic acids is 1. The van der Waals surface area contributed by atoms with E-state index in [1.54, 1.807) is 30.3 Å². The van der Waals surface area contributed by atoms with Crippen LogP contribution in [-0.2, 0) is 4.79 Å². The number of nitrogens with one attached hydrogen (secondary N) is 1. The summed E-state index contributed by atoms with van der Waals surface area (Å²) in [5.41, 5.74) is 0.589. The first kappa shape index (κ1) is 18.1. The summed E-state index contributed by atoms with van der Waals surface area (Å²) in [5.74, 6) is -0.130. The number of hydrogen-bond acceptors (Lipinski definition) is 6. The first-order valence-electron chi connectivity index (χ1n) is 8.09. The number of ether oxygens (including phenoxy) is 1. The van der Waals surface area contributed by atoms with E-state index in [0.29, 0.717) is 11.3 Å². The van der Waals surface area contributed by atoms with E-state index in [2.05, 4.69) is 10.3 Å². The number of amides is 1. The summed E-state index contributed by atoms with van der Waals surface area (Å²) in [5, 5.41) is 25.3. The van der Waals surface area contributed by atoms with Gasteiger partial charge in [0.05, 0.1) is 23.5 Å². The summed E-state index contributed by atoms with van der Waals surface area (Å²) in [7, 11) is 1.48. The lowest BCUT2D eigenvalue weighted by atomic mass is 9.94. The molecule has 0 radical (unpaired) electrons. The lowest BCUT2D eigenvalue weighted by molar-refractivity contribution is -0.383. The minimum absolute atomic E-state index is 0.0898. The van der Waals surface area contributed by atoms with Crippen molar-refractivity contribution in [3.05, 3.63) is 69.9 Å². The zero-order valence-electron chi connectivity index (χ0n) is 14.7. The van der Waals surface area contributed by atoms with Gasteiger partial charge in [-0.15, -0.1) is 0 Å². The number of non-ortho nitro benzene ring substituents is 1. The number of phenols is 1. The summed E-state index contributed by atoms with van der Waals surface area (Å²) in [6.07, 6.45) is 1.44. The quantitative estimate of drug-likeness (QED) is 0.529. The molecule has 138 valence electrons. The van der Waals surface area contributed by atoms with Gasteiger partial charge >= 0.3 is 0 Å². The molecule has 0 spiro atoms. The van der Waals surface area contributed by atoms with Crippen molar-refractivity contribution in [2.45, 2.75) is 13.0 Å². The van der Waals surface area contributed by atoms with Crippen LogP contribution in [0.15, 0.2) is 48.7 Å². The second kappa shape index (κ2) is 7.28. The Hall–Kier alpha value is -3.68. The molecule has 1 amide bonds. The number of aromatic hydroxyl groups is 1. The van der Waals surface area contributed by atoms with Crippen molar-refractivity contribution < 1.29 is 19.6 Å². The molecular formula is C19H17N3O5. The van der Waals surface area contributed by atoms with Crippen LogP contribution in [0.3, 0.4) is 0 Å². The van der Waals surface area contributed by atoms with Crippen molar-refractivity contribution in [3.8, 4) is 11.5 Å². The lowest BCUT2D eigenvalue weighted by Gasteiger charge is -2.22. The molecular weight excluding hydrogens is 350 g/mol. The Bertz CT molecular complexity index is 1040. The second-order valence-electron chi connectivity index (χ2n) is 5.87. The highest BCUT2D eigenvalue weighted by atomic mass is 16.6. The van der Waals surface area contributed by atoms with Gasteiger partial charge in [0.2, 0.25) is 5.91 Å². The van der Waals surface area contributed by atoms with Crippen LogP contribution < -0.4 is 10.1 Å². The smallest absolute Gasteiger partial charge is 0.279 e. The molecule has 8 nitrogen and oxygen atoms in total. The van der Waals surface area contributed by atoms with E-state index in [1.165, 1.54) is 32.4 Å². The number of carbonyl (C=O) groups is 1. The molecule has 0 aliphatic rings. The first-order chi connectivity index (χ1) is 12.9. The fraction of sp³-hybridized carbons (Fsp3) is 0.158. The van der Waals surface area contributed by atoms with E-state index in [4.69, 9.17) is 4.74 Å². The van der Waals surface area contributed by atoms with Crippen LogP contribution in [0, 0.1) is 10.1 Å². The Morgan fingerprint density at radius 1 is 1.26 bits per heavy atom. The third-order valence-electron chi connectivity index (χ3n) is 4.18. The van der Waals surface area contributed by atoms with Crippen molar-refractivity contribution in [1.29, 1.82) is 0 Å². The molecule has 0 fully saturated rings. The predicted molar refractivity (Wildman–Crippen MR) is 98.7 cm³/mol. The number of para-hydroxylation sites is 1. The summed E-state index contributed by atoms with van der Waals surface area (Å²) in [6, 6.07) is 10.4. The number of hydrogen-bond donors (Lipinski definition) is 2. The zero-order valence-corrected chi connectivity index (χ0v) is 14.7. The zero-order chi connectivity index (χ0) is 19.6. The van der Waals surface area contributed by atoms with Crippen LogP contribution in [0.25, 0.3) is 10.9 Å². The van der Waals surface area contributed by atoms with Gasteiger partial charge in [-0.05, 0) is 18.2 Å². The summed E-state index contributed by atoms with van der Waals surface area (Å²) >= 11 is 0. The normalized spacial score (nSPS) is 11.8. The van der Waals surface area contributed by atoms with Gasteiger partial charge in [-0.1, -0.05) is 18.2 Å². The third-order valence-corrected chi connectivity index (χ3v) is 4.18. The maximum Gasteiger partial charge on any atom is 0.279 e. The molecule has 27 heavy (non-hydrogen) atoms. The molecule has 0 aliphatic heterocycles. The fourth-order valence-corrected chi connectivity index (χ4v) is 3.03. The van der Waals surface area contributed by atoms with Crippen molar-refractivity contribution in [1.82, 2.24) is 10.3 Å². The summed E-state index contributed by atoms with van der Waals surface area (Å²) < 4.78 is 5.35. The topological polar surface area (TPSA) is 115 Å². The number of fused-ring (bicyclic) bond motifs is 1. The van der Waals surface area contributed by atoms with Gasteiger partial charge < -0.3 is 15.2 Å². The number of nitro groups is 1. The van der Waals surface area contributed by atoms with Crippen molar-refractivity contribution in [3.63, 3.8) is 0 Å². The van der Waals surface area contributed by atoms with E-state index < -0.39 is 11.0 Å². The third kappa shape index (κ3) is 3.37. The van der Waals surface area contributed by atoms with E-state index in [9.17, 15) is 20.0 Å². The number of benzene rings is 2. The molecule has 1 aromatic heterocycles. The van der Waals surface area contributed by atoms with E-state index in [1.807, 2.05) is 0 Å². The van der Waals surface area contributed by atoms with Gasteiger partial charge in [0.15, 0.2) is 0 Å². The van der Waals surface area contributed by atoms with E-state index in [0.717, 1.165) is 0 Å². The summed E-state index contributed by atoms with van der Waals surface area (Å²) in [4.78, 5) is 26.9. The van der Waals surface area contributed by atoms with Gasteiger partial charge in [0.25, 0.3) is 5.69 Å². The Morgan fingerprint density at radius 3 is 2.67 bits per heavy atom. The Morgan fingerprint density at radius 2 is 2.00 bits per heavy atom. The molecule has 0 saturated heterocycles. The van der Waals surface area contributed by atoms with Crippen LogP contribution >= 0.6 is 0 Å². The maximum absolute atomic E-state index is 11.8. The molecule has 2 N–H and O–H groups in total. The maximum atomic E-state index is 11.8. The average Bonchev–Trinajstić information content (AvgIpc) is 2.66. The van der Waals surface area contributed by atoms with E-state index in [-0.39, 0.29) is 33.8 Å². The van der Waals surface area contributed by atoms with Gasteiger partial charge in [0.1, 0.15) is 17.0 Å². The molecule has 0 aliphatic carbocycles. The molecule has 0 unspecified atom stereocenters. The summed E-state index contributed by atoms with van der Waals surface area (Å²) in [6.45, 7) is 1.33. The first-order valence-corrected chi connectivity index (χ1v) is 8.09. The van der Waals surface area contributed by atoms with Crippen molar-refractivity contribution in [2.75, 3.05) is 7.11 Å². The van der Waals surface area contributed by atoms with Crippen LogP contribution in [0.5, 0.6) is 11.5 Å². The standard InChI is InChI=1S/C19H17N3O5/c1-11(23)21-17(13-6-3-4-8-16(13)27-2)14-10-15(22(25)26)12-7-5-9-20-18(12)19(14)24/h3-10,17,24H,1-2H3,(H,21,23)/t17-/m1/s1. The number of pyridine rings is 1. The van der Waals surface area contributed by atoms with Crippen LogP contribution in [-0.4, -0.2) is 28.0 Å². The minimum atomic E-state index is -0.858. The highest BCUT2D eigenvalue weighted by Crippen LogP contribution is 2.41. The van der Waals surface area contributed by atoms with Gasteiger partial charge in [-0.2, -0.15) is 0 Å². The van der Waals surface area contributed by atoms with E-state index >= 15 is 0 Å². The molecule has 3 rings (SSSR count). The number of phenolic OH excluding ortho intramolecular Hbond substituents is 1. The lowest BCUT2D eigenvalue weighted by Crippen LogP contribution is -2.27. The highest BCUT2D eigenvalue weighted by Gasteiger charge is 2.27. The van der Waals surface area contributed by atoms with Gasteiger partial charge in [-0.3, -0.25) is 19.9 Å². The molecule has 2 aromatic carbocycles. The average molecular weight is 367 g/mol. The van der Waals surface area contributed by atoms with Crippen molar-refractivity contribution >= 4 is 22.5 Å². The number of rotatable bonds is 5. The van der Waals surface area contributed by atoms with Crippen LogP contribution in [0.2, 0.25) is 0 Å². The second-order valence-corrected chi connectivity index (χ2v) is 5.87. The molecule has 3 aromatic rings. The fourth-order valence-electron chi connectivity index (χ4n) is 3.03. The number of aromatic nitrogens is 1. The monoisotopic (exact) mass is 367 g/mol. The molecule has 1 atom stereocenters. The SMILES string of the molecule is COc1ccccc1[C@@H](NC(C)=O)c1cc([N+](=O)[O-])c2cccnc2c1O. The Labute approximate surface area is 154 Å². The molecule has 0 bridgehead atoms. The molecule has 1 heterocycles. The minimum Gasteiger partial charge on any atom is -0.505 e. The highest BCUT2D eigenvalue weighted by molar-refractivity contribution is 5.94. The molecule has 0 saturated carbocycles.